The van der Waals surface area contributed by atoms with Crippen LogP contribution < -0.4 is 10.9 Å². The van der Waals surface area contributed by atoms with Gasteiger partial charge in [-0.1, -0.05) is 18.2 Å². The minimum absolute atomic E-state index is 0.0591. The predicted molar refractivity (Wildman–Crippen MR) is 153 cm³/mol. The lowest BCUT2D eigenvalue weighted by Gasteiger charge is -2.41. The number of nitrogens with zero attached hydrogens (tertiary/aromatic N) is 4. The highest BCUT2D eigenvalue weighted by Gasteiger charge is 2.60. The fraction of sp³-hybridized carbons (Fsp3) is 0.321. The van der Waals surface area contributed by atoms with Crippen molar-refractivity contribution in [3.05, 3.63) is 71.4 Å². The van der Waals surface area contributed by atoms with E-state index in [0.717, 1.165) is 16.5 Å². The molecular weight excluding hydrogens is 511 g/mol. The highest BCUT2D eigenvalue weighted by Crippen LogP contribution is 2.43. The Morgan fingerprint density at radius 3 is 2.52 bits per heavy atom. The summed E-state index contributed by atoms with van der Waals surface area (Å²) in [5.74, 6) is -0.937. The van der Waals surface area contributed by atoms with Crippen molar-refractivity contribution in [1.29, 1.82) is 0 Å². The third kappa shape index (κ3) is 3.29. The monoisotopic (exact) mass is 538 g/mol. The van der Waals surface area contributed by atoms with E-state index in [4.69, 9.17) is 9.31 Å². The maximum atomic E-state index is 16.7. The Hall–Kier alpha value is -3.50. The van der Waals surface area contributed by atoms with Crippen molar-refractivity contribution in [2.45, 2.75) is 50.8 Å². The number of hydrogen-bond acceptors (Lipinski definition) is 5. The van der Waals surface area contributed by atoms with Gasteiger partial charge in [0, 0.05) is 42.4 Å². The summed E-state index contributed by atoms with van der Waals surface area (Å²) in [5.41, 5.74) is 2.57. The van der Waals surface area contributed by atoms with Gasteiger partial charge in [-0.3, -0.25) is 14.5 Å². The van der Waals surface area contributed by atoms with Gasteiger partial charge in [-0.05, 0) is 62.5 Å². The van der Waals surface area contributed by atoms with E-state index in [0.29, 0.717) is 16.7 Å². The van der Waals surface area contributed by atoms with Crippen molar-refractivity contribution in [3.8, 4) is 11.1 Å². The smallest absolute Gasteiger partial charge is 0.399 e. The number of carbonyl (C=O) groups is 1. The highest BCUT2D eigenvalue weighted by molar-refractivity contribution is 6.77. The van der Waals surface area contributed by atoms with Gasteiger partial charge in [-0.15, -0.1) is 0 Å². The number of carbonyl (C=O) groups excluding carboxylic acids is 1. The average Bonchev–Trinajstić information content (AvgIpc) is 3.46. The fourth-order valence-corrected chi connectivity index (χ4v) is 6.21. The summed E-state index contributed by atoms with van der Waals surface area (Å²) in [6, 6.07) is 10.4. The third-order valence-electron chi connectivity index (χ3n) is 9.24. The summed E-state index contributed by atoms with van der Waals surface area (Å²) in [4.78, 5) is 19.7. The summed E-state index contributed by atoms with van der Waals surface area (Å²) in [6.07, 6.45) is 3.46. The van der Waals surface area contributed by atoms with Crippen LogP contribution in [0.1, 0.15) is 49.3 Å². The van der Waals surface area contributed by atoms with Crippen LogP contribution in [0.4, 0.5) is 8.71 Å². The van der Waals surface area contributed by atoms with Gasteiger partial charge in [0.2, 0.25) is 0 Å². The zero-order valence-corrected chi connectivity index (χ0v) is 23.3. The van der Waals surface area contributed by atoms with Gasteiger partial charge in [0.25, 0.3) is 5.91 Å². The molecule has 1 unspecified atom stereocenters. The van der Waals surface area contributed by atoms with Crippen LogP contribution in [-0.4, -0.2) is 58.7 Å². The van der Waals surface area contributed by atoms with Crippen molar-refractivity contribution in [2.75, 3.05) is 0 Å². The average molecular weight is 538 g/mol. The summed E-state index contributed by atoms with van der Waals surface area (Å²) in [6.45, 7) is 6.03. The molecule has 2 aromatic heterocycles. The van der Waals surface area contributed by atoms with E-state index in [1.54, 1.807) is 30.9 Å². The Balaban J connectivity index is 1.31. The number of amides is 1. The number of benzene rings is 2. The molecule has 2 aromatic carbocycles. The quantitative estimate of drug-likeness (QED) is 0.367. The van der Waals surface area contributed by atoms with Crippen LogP contribution in [0.3, 0.4) is 0 Å². The van der Waals surface area contributed by atoms with Crippen LogP contribution in [0.2, 0.25) is 0 Å². The lowest BCUT2D eigenvalue weighted by atomic mass is 9.37. The Kier molecular flexibility index (Phi) is 5.12. The van der Waals surface area contributed by atoms with Crippen LogP contribution in [-0.2, 0) is 28.2 Å². The first-order valence-corrected chi connectivity index (χ1v) is 13.4. The summed E-state index contributed by atoms with van der Waals surface area (Å²) in [7, 11) is 2.77. The van der Waals surface area contributed by atoms with Crippen LogP contribution in [0.5, 0.6) is 0 Å². The molecule has 0 aliphatic carbocycles. The number of rotatable bonds is 2. The second kappa shape index (κ2) is 8.04. The molecule has 7 rings (SSSR count). The standard InChI is InChI=1S/C28H27B3F2N4O3/c1-26(2)27(3,4)40-31(39-26)16-11-18-24(34-12-16)28(29)30(33)21-9-15(10-22(32)20(21)14-37(28)25(18)38)17-7-6-8-23-19(17)13-36(5)35-23/h6-13H,14,29H2,1-5H3. The predicted octanol–water partition coefficient (Wildman–Crippen LogP) is 2.24. The van der Waals surface area contributed by atoms with Crippen molar-refractivity contribution >= 4 is 49.7 Å². The highest BCUT2D eigenvalue weighted by atomic mass is 19.1. The number of hydrogen-bond donors (Lipinski definition) is 0. The molecule has 4 aromatic rings. The van der Waals surface area contributed by atoms with Crippen LogP contribution in [0.15, 0.2) is 48.8 Å². The summed E-state index contributed by atoms with van der Waals surface area (Å²) >= 11 is 0. The molecule has 0 bridgehead atoms. The van der Waals surface area contributed by atoms with Crippen molar-refractivity contribution in [2.24, 2.45) is 7.05 Å². The Morgan fingerprint density at radius 1 is 1.07 bits per heavy atom. The number of halogens is 2. The molecule has 200 valence electrons. The zero-order valence-electron chi connectivity index (χ0n) is 23.3. The molecule has 0 saturated carbocycles. The summed E-state index contributed by atoms with van der Waals surface area (Å²) in [5, 5.41) is 3.90. The molecule has 1 saturated heterocycles. The van der Waals surface area contributed by atoms with E-state index in [1.165, 1.54) is 11.0 Å². The maximum Gasteiger partial charge on any atom is 0.496 e. The van der Waals surface area contributed by atoms with Crippen LogP contribution >= 0.6 is 0 Å². The number of aromatic nitrogens is 3. The van der Waals surface area contributed by atoms with Gasteiger partial charge in [0.05, 0.1) is 33.3 Å². The van der Waals surface area contributed by atoms with E-state index in [-0.39, 0.29) is 29.0 Å². The van der Waals surface area contributed by atoms with Gasteiger partial charge >= 0.3 is 14.1 Å². The second-order valence-electron chi connectivity index (χ2n) is 12.2. The molecule has 1 fully saturated rings. The SMILES string of the molecule is BC12B(F)c3cc(-c4cccc5nn(C)cc45)cc(F)c3CN1C(=O)c1cc(B3OC(C)(C)C(C)(C)O3)cnc12. The maximum absolute atomic E-state index is 16.7. The number of pyridine rings is 1. The Morgan fingerprint density at radius 2 is 1.80 bits per heavy atom. The molecule has 40 heavy (non-hydrogen) atoms. The van der Waals surface area contributed by atoms with E-state index in [1.807, 2.05) is 59.1 Å². The van der Waals surface area contributed by atoms with Crippen molar-refractivity contribution in [1.82, 2.24) is 19.7 Å². The van der Waals surface area contributed by atoms with E-state index in [2.05, 4.69) is 10.1 Å². The fourth-order valence-electron chi connectivity index (χ4n) is 6.21. The Labute approximate surface area is 232 Å². The van der Waals surface area contributed by atoms with Gasteiger partial charge in [0.1, 0.15) is 13.7 Å². The molecule has 3 aliphatic heterocycles. The van der Waals surface area contributed by atoms with E-state index >= 15 is 8.71 Å². The zero-order chi connectivity index (χ0) is 28.4. The third-order valence-corrected chi connectivity index (χ3v) is 9.24. The van der Waals surface area contributed by atoms with Crippen molar-refractivity contribution in [3.63, 3.8) is 0 Å². The van der Waals surface area contributed by atoms with Gasteiger partial charge in [-0.2, -0.15) is 5.10 Å². The first-order valence-electron chi connectivity index (χ1n) is 13.4. The van der Waals surface area contributed by atoms with Crippen LogP contribution in [0, 0.1) is 5.82 Å². The molecule has 0 radical (unpaired) electrons. The molecule has 1 amide bonds. The van der Waals surface area contributed by atoms with Gasteiger partial charge in [0.15, 0.2) is 0 Å². The molecule has 5 heterocycles. The molecule has 12 heteroatoms. The van der Waals surface area contributed by atoms with E-state index in [9.17, 15) is 4.79 Å². The molecule has 0 spiro atoms. The Bertz CT molecular complexity index is 1740. The largest absolute Gasteiger partial charge is 0.496 e. The minimum atomic E-state index is -1.70. The first kappa shape index (κ1) is 25.5. The van der Waals surface area contributed by atoms with Crippen molar-refractivity contribution < 1.29 is 22.8 Å². The topological polar surface area (TPSA) is 69.5 Å². The molecule has 7 nitrogen and oxygen atoms in total. The molecule has 1 atom stereocenters. The summed E-state index contributed by atoms with van der Waals surface area (Å²) < 4.78 is 46.4. The second-order valence-corrected chi connectivity index (χ2v) is 12.2. The normalized spacial score (nSPS) is 22.6. The lowest BCUT2D eigenvalue weighted by Crippen LogP contribution is -2.63. The number of fused-ring (bicyclic) bond motifs is 5. The van der Waals surface area contributed by atoms with Gasteiger partial charge in [-0.25, -0.2) is 4.39 Å². The van der Waals surface area contributed by atoms with Crippen LogP contribution in [0.25, 0.3) is 22.0 Å². The lowest BCUT2D eigenvalue weighted by molar-refractivity contribution is 0.00578. The first-order chi connectivity index (χ1) is 18.8. The minimum Gasteiger partial charge on any atom is -0.399 e. The molecular formula is C28H27B3F2N4O3. The molecule has 0 N–H and O–H groups in total. The number of aryl methyl sites for hydroxylation is 1. The van der Waals surface area contributed by atoms with E-state index < -0.39 is 36.5 Å². The molecule has 3 aliphatic rings. The van der Waals surface area contributed by atoms with Gasteiger partial charge < -0.3 is 18.5 Å².